The summed E-state index contributed by atoms with van der Waals surface area (Å²) in [6, 6.07) is 8.28. The van der Waals surface area contributed by atoms with Gasteiger partial charge in [-0.3, -0.25) is 4.79 Å². The molecule has 3 unspecified atom stereocenters. The predicted molar refractivity (Wildman–Crippen MR) is 96.0 cm³/mol. The van der Waals surface area contributed by atoms with Crippen molar-refractivity contribution < 1.29 is 9.53 Å². The number of carbonyl (C=O) groups excluding carboxylic acids is 1. The molecule has 3 atom stereocenters. The van der Waals surface area contributed by atoms with Gasteiger partial charge in [0.05, 0.1) is 0 Å². The molecule has 1 aromatic rings. The lowest BCUT2D eigenvalue weighted by Gasteiger charge is -2.37. The number of likely N-dealkylation sites (tertiary alicyclic amines) is 1. The van der Waals surface area contributed by atoms with Crippen molar-refractivity contribution in [1.82, 2.24) is 21.3 Å². The van der Waals surface area contributed by atoms with E-state index in [2.05, 4.69) is 16.4 Å². The van der Waals surface area contributed by atoms with Crippen LogP contribution >= 0.6 is 11.6 Å². The van der Waals surface area contributed by atoms with Gasteiger partial charge in [0.15, 0.2) is 0 Å². The number of ether oxygens (including phenoxy) is 1. The van der Waals surface area contributed by atoms with Crippen LogP contribution in [0, 0.1) is 5.92 Å². The van der Waals surface area contributed by atoms with E-state index in [1.54, 1.807) is 0 Å². The maximum absolute atomic E-state index is 12.8. The molecule has 0 bridgehead atoms. The summed E-state index contributed by atoms with van der Waals surface area (Å²) in [5.74, 6) is 1.31. The lowest BCUT2D eigenvalue weighted by Crippen LogP contribution is -2.48. The molecule has 7 heteroatoms. The van der Waals surface area contributed by atoms with Gasteiger partial charge in [-0.25, -0.2) is 10.9 Å². The minimum atomic E-state index is 0.143. The van der Waals surface area contributed by atoms with E-state index in [1.165, 1.54) is 0 Å². The average Bonchev–Trinajstić information content (AvgIpc) is 3.11. The molecule has 1 aliphatic carbocycles. The largest absolute Gasteiger partial charge is 0.490 e. The van der Waals surface area contributed by atoms with Gasteiger partial charge in [0.1, 0.15) is 11.9 Å². The van der Waals surface area contributed by atoms with Crippen LogP contribution in [-0.4, -0.2) is 42.1 Å². The number of carbonyl (C=O) groups is 1. The molecule has 2 saturated heterocycles. The number of nitrogens with one attached hydrogen (secondary N) is 3. The van der Waals surface area contributed by atoms with Crippen LogP contribution in [0.25, 0.3) is 0 Å². The highest BCUT2D eigenvalue weighted by atomic mass is 35.5. The summed E-state index contributed by atoms with van der Waals surface area (Å²) >= 11 is 5.90. The van der Waals surface area contributed by atoms with Crippen molar-refractivity contribution in [2.24, 2.45) is 5.92 Å². The van der Waals surface area contributed by atoms with E-state index in [1.807, 2.05) is 29.2 Å². The summed E-state index contributed by atoms with van der Waals surface area (Å²) in [4.78, 5) is 14.9. The highest BCUT2D eigenvalue weighted by Gasteiger charge is 2.38. The Morgan fingerprint density at radius 1 is 1.04 bits per heavy atom. The average molecular weight is 365 g/mol. The Balaban J connectivity index is 1.26. The van der Waals surface area contributed by atoms with E-state index in [-0.39, 0.29) is 12.0 Å². The van der Waals surface area contributed by atoms with Crippen LogP contribution in [0.3, 0.4) is 0 Å². The summed E-state index contributed by atoms with van der Waals surface area (Å²) in [6.45, 7) is 1.57. The molecule has 136 valence electrons. The molecule has 3 aliphatic rings. The Bertz CT molecular complexity index is 604. The third-order valence-corrected chi connectivity index (χ3v) is 5.84. The molecule has 0 aromatic heterocycles. The van der Waals surface area contributed by atoms with Crippen molar-refractivity contribution in [3.63, 3.8) is 0 Å². The first-order valence-electron chi connectivity index (χ1n) is 9.16. The highest BCUT2D eigenvalue weighted by molar-refractivity contribution is 6.30. The highest BCUT2D eigenvalue weighted by Crippen LogP contribution is 2.29. The summed E-state index contributed by atoms with van der Waals surface area (Å²) in [5.41, 5.74) is 9.43. The standard InChI is InChI=1S/C18H25ClN4O2/c19-13-2-4-14(5-3-13)25-15-7-9-23(10-8-15)18(24)12-1-6-16-17(11-12)21-22-20-16/h2-5,12,15-17,20-22H,1,6-11H2. The Morgan fingerprint density at radius 3 is 2.52 bits per heavy atom. The molecule has 3 fully saturated rings. The maximum atomic E-state index is 12.8. The smallest absolute Gasteiger partial charge is 0.225 e. The normalized spacial score (nSPS) is 30.1. The van der Waals surface area contributed by atoms with Crippen molar-refractivity contribution in [1.29, 1.82) is 0 Å². The van der Waals surface area contributed by atoms with Gasteiger partial charge in [0, 0.05) is 49.0 Å². The van der Waals surface area contributed by atoms with E-state index >= 15 is 0 Å². The fourth-order valence-corrected chi connectivity index (χ4v) is 4.24. The number of rotatable bonds is 3. The Hall–Kier alpha value is -1.34. The fraction of sp³-hybridized carbons (Fsp3) is 0.611. The van der Waals surface area contributed by atoms with E-state index in [4.69, 9.17) is 16.3 Å². The van der Waals surface area contributed by atoms with Crippen molar-refractivity contribution in [2.75, 3.05) is 13.1 Å². The van der Waals surface area contributed by atoms with Crippen LogP contribution in [0.1, 0.15) is 32.1 Å². The second-order valence-electron chi connectivity index (χ2n) is 7.23. The number of hydrazine groups is 2. The molecular formula is C18H25ClN4O2. The van der Waals surface area contributed by atoms with Gasteiger partial charge in [0.25, 0.3) is 0 Å². The number of hydrogen-bond acceptors (Lipinski definition) is 5. The SMILES string of the molecule is O=C(C1CCC2NNNC2C1)N1CCC(Oc2ccc(Cl)cc2)CC1. The van der Waals surface area contributed by atoms with Gasteiger partial charge in [-0.2, -0.15) is 5.53 Å². The molecule has 0 spiro atoms. The zero-order valence-electron chi connectivity index (χ0n) is 14.2. The summed E-state index contributed by atoms with van der Waals surface area (Å²) in [6.07, 6.45) is 4.86. The number of benzene rings is 1. The number of amides is 1. The third kappa shape index (κ3) is 3.92. The zero-order chi connectivity index (χ0) is 17.2. The number of piperidine rings is 1. The van der Waals surface area contributed by atoms with Crippen molar-refractivity contribution in [3.05, 3.63) is 29.3 Å². The molecule has 4 rings (SSSR count). The first kappa shape index (κ1) is 17.1. The van der Waals surface area contributed by atoms with Gasteiger partial charge in [0.2, 0.25) is 5.91 Å². The van der Waals surface area contributed by atoms with E-state index in [9.17, 15) is 4.79 Å². The van der Waals surface area contributed by atoms with Gasteiger partial charge >= 0.3 is 0 Å². The van der Waals surface area contributed by atoms with Crippen molar-refractivity contribution >= 4 is 17.5 Å². The van der Waals surface area contributed by atoms with Crippen LogP contribution in [0.2, 0.25) is 5.02 Å². The Kier molecular flexibility index (Phi) is 5.12. The Morgan fingerprint density at radius 2 is 1.76 bits per heavy atom. The number of nitrogens with zero attached hydrogens (tertiary/aromatic N) is 1. The molecule has 3 N–H and O–H groups in total. The molecule has 6 nitrogen and oxygen atoms in total. The molecule has 2 aliphatic heterocycles. The first-order chi connectivity index (χ1) is 12.2. The van der Waals surface area contributed by atoms with Gasteiger partial charge in [-0.05, 0) is 43.5 Å². The van der Waals surface area contributed by atoms with Crippen LogP contribution in [-0.2, 0) is 4.79 Å². The molecule has 2 heterocycles. The van der Waals surface area contributed by atoms with Crippen molar-refractivity contribution in [2.45, 2.75) is 50.3 Å². The molecule has 1 amide bonds. The second-order valence-corrected chi connectivity index (χ2v) is 7.67. The maximum Gasteiger partial charge on any atom is 0.225 e. The minimum Gasteiger partial charge on any atom is -0.490 e. The Labute approximate surface area is 153 Å². The quantitative estimate of drug-likeness (QED) is 0.764. The number of halogens is 1. The molecule has 1 aromatic carbocycles. The van der Waals surface area contributed by atoms with Crippen LogP contribution in [0.15, 0.2) is 24.3 Å². The van der Waals surface area contributed by atoms with Crippen LogP contribution < -0.4 is 21.1 Å². The number of hydrogen-bond donors (Lipinski definition) is 3. The van der Waals surface area contributed by atoms with E-state index in [0.29, 0.717) is 23.0 Å². The minimum absolute atomic E-state index is 0.143. The summed E-state index contributed by atoms with van der Waals surface area (Å²) < 4.78 is 6.02. The monoisotopic (exact) mass is 364 g/mol. The molecule has 0 radical (unpaired) electrons. The fourth-order valence-electron chi connectivity index (χ4n) is 4.11. The lowest BCUT2D eigenvalue weighted by atomic mass is 9.82. The van der Waals surface area contributed by atoms with E-state index in [0.717, 1.165) is 50.9 Å². The van der Waals surface area contributed by atoms with Gasteiger partial charge in [-0.1, -0.05) is 11.6 Å². The van der Waals surface area contributed by atoms with E-state index < -0.39 is 0 Å². The second kappa shape index (κ2) is 7.50. The molecule has 25 heavy (non-hydrogen) atoms. The van der Waals surface area contributed by atoms with Crippen molar-refractivity contribution in [3.8, 4) is 5.75 Å². The zero-order valence-corrected chi connectivity index (χ0v) is 15.0. The summed E-state index contributed by atoms with van der Waals surface area (Å²) in [7, 11) is 0. The third-order valence-electron chi connectivity index (χ3n) is 5.58. The topological polar surface area (TPSA) is 65.6 Å². The number of fused-ring (bicyclic) bond motifs is 1. The van der Waals surface area contributed by atoms with Gasteiger partial charge < -0.3 is 9.64 Å². The lowest BCUT2D eigenvalue weighted by molar-refractivity contribution is -0.138. The summed E-state index contributed by atoms with van der Waals surface area (Å²) in [5, 5.41) is 0.713. The van der Waals surface area contributed by atoms with Crippen LogP contribution in [0.4, 0.5) is 0 Å². The van der Waals surface area contributed by atoms with Gasteiger partial charge in [-0.15, -0.1) is 0 Å². The van der Waals surface area contributed by atoms with Crippen LogP contribution in [0.5, 0.6) is 5.75 Å². The predicted octanol–water partition coefficient (Wildman–Crippen LogP) is 1.86. The first-order valence-corrected chi connectivity index (χ1v) is 9.54. The molecule has 1 saturated carbocycles. The molecular weight excluding hydrogens is 340 g/mol.